The van der Waals surface area contributed by atoms with Crippen LogP contribution in [-0.2, 0) is 14.8 Å². The molecule has 3 N–H and O–H groups in total. The van der Waals surface area contributed by atoms with Crippen LogP contribution in [0.2, 0.25) is 0 Å². The van der Waals surface area contributed by atoms with E-state index < -0.39 is 17.1 Å². The van der Waals surface area contributed by atoms with Gasteiger partial charge in [-0.1, -0.05) is 12.1 Å². The molecule has 0 spiro atoms. The Labute approximate surface area is 107 Å². The molecule has 0 radical (unpaired) electrons. The number of ether oxygens (including phenoxy) is 1. The Morgan fingerprint density at radius 2 is 1.89 bits per heavy atom. The lowest BCUT2D eigenvalue weighted by molar-refractivity contribution is 0.180. The highest BCUT2D eigenvalue weighted by Crippen LogP contribution is 2.07. The van der Waals surface area contributed by atoms with Gasteiger partial charge in [-0.15, -0.1) is 0 Å². The van der Waals surface area contributed by atoms with Crippen LogP contribution in [0.25, 0.3) is 0 Å². The monoisotopic (exact) mass is 273 g/mol. The van der Waals surface area contributed by atoms with E-state index in [1.165, 1.54) is 31.4 Å². The fraction of sp³-hybridized carbons (Fsp3) is 0.400. The average Bonchev–Trinajstić information content (AvgIpc) is 2.28. The van der Waals surface area contributed by atoms with E-state index >= 15 is 0 Å². The minimum absolute atomic E-state index is 0.0647. The van der Waals surface area contributed by atoms with Crippen molar-refractivity contribution in [3.8, 4) is 0 Å². The van der Waals surface area contributed by atoms with E-state index in [1.54, 1.807) is 6.92 Å². The Kier molecular flexibility index (Phi) is 5.30. The van der Waals surface area contributed by atoms with Crippen LogP contribution >= 0.6 is 0 Å². The third-order valence-corrected chi connectivity index (χ3v) is 3.87. The Bertz CT molecular complexity index is 474. The predicted molar refractivity (Wildman–Crippen MR) is 67.9 cm³/mol. The van der Waals surface area contributed by atoms with Gasteiger partial charge in [0.25, 0.3) is 0 Å². The fourth-order valence-corrected chi connectivity index (χ4v) is 2.66. The van der Waals surface area contributed by atoms with Crippen LogP contribution in [0.5, 0.6) is 0 Å². The SMILES string of the molecule is COCC(C)NS(=O)(=O)c1ccc(B(O)O)cc1. The topological polar surface area (TPSA) is 95.9 Å². The summed E-state index contributed by atoms with van der Waals surface area (Å²) < 4.78 is 31.1. The molecule has 0 saturated heterocycles. The molecule has 0 fully saturated rings. The predicted octanol–water partition coefficient (Wildman–Crippen LogP) is -1.32. The maximum absolute atomic E-state index is 11.9. The van der Waals surface area contributed by atoms with Gasteiger partial charge in [0.1, 0.15) is 0 Å². The van der Waals surface area contributed by atoms with Gasteiger partial charge in [0.05, 0.1) is 11.5 Å². The Morgan fingerprint density at radius 3 is 2.33 bits per heavy atom. The number of hydrogen-bond donors (Lipinski definition) is 3. The quantitative estimate of drug-likeness (QED) is 0.559. The first-order valence-electron chi connectivity index (χ1n) is 5.34. The van der Waals surface area contributed by atoms with Crippen LogP contribution in [0.3, 0.4) is 0 Å². The molecule has 0 amide bonds. The van der Waals surface area contributed by atoms with Crippen molar-refractivity contribution in [2.24, 2.45) is 0 Å². The fourth-order valence-electron chi connectivity index (χ4n) is 1.44. The molecule has 1 rings (SSSR count). The average molecular weight is 273 g/mol. The van der Waals surface area contributed by atoms with Crippen LogP contribution in [-0.4, -0.2) is 45.3 Å². The summed E-state index contributed by atoms with van der Waals surface area (Å²) in [5.74, 6) is 0. The van der Waals surface area contributed by atoms with Crippen molar-refractivity contribution in [3.05, 3.63) is 24.3 Å². The number of hydrogen-bond acceptors (Lipinski definition) is 5. The van der Waals surface area contributed by atoms with E-state index in [-0.39, 0.29) is 23.0 Å². The standard InChI is InChI=1S/C10H16BNO5S/c1-8(7-17-2)12-18(15,16)10-5-3-9(4-6-10)11(13)14/h3-6,8,12-14H,7H2,1-2H3. The van der Waals surface area contributed by atoms with Gasteiger partial charge in [-0.25, -0.2) is 13.1 Å². The number of methoxy groups -OCH3 is 1. The molecule has 18 heavy (non-hydrogen) atoms. The molecular weight excluding hydrogens is 257 g/mol. The molecule has 1 unspecified atom stereocenters. The minimum atomic E-state index is -3.62. The van der Waals surface area contributed by atoms with Gasteiger partial charge >= 0.3 is 7.12 Å². The zero-order chi connectivity index (χ0) is 13.8. The summed E-state index contributed by atoms with van der Waals surface area (Å²) in [6.07, 6.45) is 0. The van der Waals surface area contributed by atoms with Gasteiger partial charge in [0.15, 0.2) is 0 Å². The molecule has 6 nitrogen and oxygen atoms in total. The van der Waals surface area contributed by atoms with E-state index in [4.69, 9.17) is 14.8 Å². The summed E-state index contributed by atoms with van der Waals surface area (Å²) >= 11 is 0. The highest BCUT2D eigenvalue weighted by atomic mass is 32.2. The van der Waals surface area contributed by atoms with Crippen molar-refractivity contribution in [2.45, 2.75) is 17.9 Å². The molecule has 1 aromatic rings. The van der Waals surface area contributed by atoms with Crippen molar-refractivity contribution in [1.82, 2.24) is 4.72 Å². The lowest BCUT2D eigenvalue weighted by atomic mass is 9.81. The first-order chi connectivity index (χ1) is 8.36. The second-order valence-corrected chi connectivity index (χ2v) is 5.63. The Morgan fingerprint density at radius 1 is 1.33 bits per heavy atom. The van der Waals surface area contributed by atoms with Gasteiger partial charge in [-0.2, -0.15) is 0 Å². The first kappa shape index (κ1) is 15.1. The van der Waals surface area contributed by atoms with Crippen molar-refractivity contribution < 1.29 is 23.2 Å². The van der Waals surface area contributed by atoms with Crippen LogP contribution in [0.15, 0.2) is 29.2 Å². The molecule has 0 saturated carbocycles. The third-order valence-electron chi connectivity index (χ3n) is 2.26. The molecule has 0 aliphatic carbocycles. The summed E-state index contributed by atoms with van der Waals surface area (Å²) in [6, 6.07) is 4.98. The van der Waals surface area contributed by atoms with Crippen molar-refractivity contribution in [1.29, 1.82) is 0 Å². The van der Waals surface area contributed by atoms with Crippen molar-refractivity contribution in [3.63, 3.8) is 0 Å². The van der Waals surface area contributed by atoms with E-state index in [0.717, 1.165) is 0 Å². The van der Waals surface area contributed by atoms with Gasteiger partial charge < -0.3 is 14.8 Å². The maximum atomic E-state index is 11.9. The zero-order valence-corrected chi connectivity index (χ0v) is 11.0. The van der Waals surface area contributed by atoms with E-state index in [2.05, 4.69) is 4.72 Å². The zero-order valence-electron chi connectivity index (χ0n) is 10.2. The summed E-state index contributed by atoms with van der Waals surface area (Å²) in [6.45, 7) is 1.96. The second kappa shape index (κ2) is 6.30. The van der Waals surface area contributed by atoms with E-state index in [0.29, 0.717) is 0 Å². The van der Waals surface area contributed by atoms with Gasteiger partial charge in [0, 0.05) is 13.2 Å². The lowest BCUT2D eigenvalue weighted by Gasteiger charge is -2.13. The third kappa shape index (κ3) is 4.07. The molecule has 1 aromatic carbocycles. The Balaban J connectivity index is 2.85. The summed E-state index contributed by atoms with van der Waals surface area (Å²) in [4.78, 5) is 0.0647. The molecule has 8 heteroatoms. The smallest absolute Gasteiger partial charge is 0.423 e. The van der Waals surface area contributed by atoms with Gasteiger partial charge in [0.2, 0.25) is 10.0 Å². The molecule has 0 aromatic heterocycles. The Hall–Kier alpha value is -0.925. The molecule has 1 atom stereocenters. The first-order valence-corrected chi connectivity index (χ1v) is 6.82. The minimum Gasteiger partial charge on any atom is -0.423 e. The largest absolute Gasteiger partial charge is 0.488 e. The molecule has 0 aliphatic heterocycles. The molecule has 0 bridgehead atoms. The van der Waals surface area contributed by atoms with E-state index in [9.17, 15) is 8.42 Å². The number of rotatable bonds is 6. The number of nitrogens with one attached hydrogen (secondary N) is 1. The van der Waals surface area contributed by atoms with Crippen LogP contribution in [0.1, 0.15) is 6.92 Å². The molecular formula is C10H16BNO5S. The molecule has 0 heterocycles. The van der Waals surface area contributed by atoms with Gasteiger partial charge in [-0.3, -0.25) is 0 Å². The number of sulfonamides is 1. The maximum Gasteiger partial charge on any atom is 0.488 e. The second-order valence-electron chi connectivity index (χ2n) is 3.92. The molecule has 0 aliphatic rings. The lowest BCUT2D eigenvalue weighted by Crippen LogP contribution is -2.36. The summed E-state index contributed by atoms with van der Waals surface area (Å²) in [5, 5.41) is 17.8. The van der Waals surface area contributed by atoms with Gasteiger partial charge in [-0.05, 0) is 24.5 Å². The highest BCUT2D eigenvalue weighted by Gasteiger charge is 2.18. The highest BCUT2D eigenvalue weighted by molar-refractivity contribution is 7.89. The van der Waals surface area contributed by atoms with Crippen molar-refractivity contribution in [2.75, 3.05) is 13.7 Å². The number of benzene rings is 1. The summed E-state index contributed by atoms with van der Waals surface area (Å²) in [7, 11) is -3.74. The summed E-state index contributed by atoms with van der Waals surface area (Å²) in [5.41, 5.74) is 0.235. The normalized spacial score (nSPS) is 13.3. The molecule has 100 valence electrons. The van der Waals surface area contributed by atoms with Crippen LogP contribution in [0.4, 0.5) is 0 Å². The van der Waals surface area contributed by atoms with Crippen molar-refractivity contribution >= 4 is 22.6 Å². The van der Waals surface area contributed by atoms with Crippen LogP contribution < -0.4 is 10.2 Å². The van der Waals surface area contributed by atoms with Crippen LogP contribution in [0, 0.1) is 0 Å². The van der Waals surface area contributed by atoms with E-state index in [1.807, 2.05) is 0 Å².